The third-order valence-electron chi connectivity index (χ3n) is 6.19. The van der Waals surface area contributed by atoms with Crippen LogP contribution in [0, 0.1) is 17.5 Å². The Morgan fingerprint density at radius 1 is 1.15 bits per heavy atom. The maximum Gasteiger partial charge on any atom is 0.236 e. The van der Waals surface area contributed by atoms with E-state index in [1.807, 2.05) is 0 Å². The van der Waals surface area contributed by atoms with Gasteiger partial charge in [-0.05, 0) is 25.1 Å². The molecule has 8 nitrogen and oxygen atoms in total. The van der Waals surface area contributed by atoms with E-state index < -0.39 is 22.9 Å². The van der Waals surface area contributed by atoms with Crippen LogP contribution in [0.5, 0.6) is 0 Å². The van der Waals surface area contributed by atoms with Gasteiger partial charge in [0.1, 0.15) is 34.8 Å². The number of allylic oxidation sites excluding steroid dienone is 1. The lowest BCUT2D eigenvalue weighted by Gasteiger charge is -2.30. The van der Waals surface area contributed by atoms with E-state index >= 15 is 0 Å². The first-order chi connectivity index (χ1) is 16.2. The van der Waals surface area contributed by atoms with Crippen molar-refractivity contribution in [2.75, 3.05) is 10.6 Å². The molecule has 2 aliphatic heterocycles. The zero-order chi connectivity index (χ0) is 23.8. The van der Waals surface area contributed by atoms with Crippen molar-refractivity contribution in [1.82, 2.24) is 24.7 Å². The molecule has 1 unspecified atom stereocenters. The molecule has 34 heavy (non-hydrogen) atoms. The van der Waals surface area contributed by atoms with Gasteiger partial charge in [-0.15, -0.1) is 0 Å². The number of halogens is 3. The largest absolute Gasteiger partial charge is 0.344 e. The number of nitrogens with zero attached hydrogens (tertiary/aromatic N) is 5. The predicted molar refractivity (Wildman–Crippen MR) is 117 cm³/mol. The molecule has 2 N–H and O–H groups in total. The van der Waals surface area contributed by atoms with Gasteiger partial charge in [0, 0.05) is 17.7 Å². The van der Waals surface area contributed by atoms with Crippen molar-refractivity contribution in [2.24, 2.45) is 0 Å². The van der Waals surface area contributed by atoms with Crippen LogP contribution in [-0.2, 0) is 16.8 Å². The van der Waals surface area contributed by atoms with Gasteiger partial charge in [0.15, 0.2) is 11.5 Å². The van der Waals surface area contributed by atoms with Crippen LogP contribution in [0.2, 0.25) is 0 Å². The summed E-state index contributed by atoms with van der Waals surface area (Å²) < 4.78 is 44.0. The van der Waals surface area contributed by atoms with Gasteiger partial charge in [0.05, 0.1) is 29.1 Å². The molecule has 3 aromatic heterocycles. The molecule has 5 heterocycles. The number of amides is 1. The zero-order valence-electron chi connectivity index (χ0n) is 17.8. The first kappa shape index (κ1) is 20.3. The van der Waals surface area contributed by atoms with Gasteiger partial charge in [0.25, 0.3) is 0 Å². The molecule has 170 valence electrons. The number of fused-ring (bicyclic) bond motifs is 1. The van der Waals surface area contributed by atoms with Gasteiger partial charge in [-0.3, -0.25) is 4.79 Å². The van der Waals surface area contributed by atoms with Crippen LogP contribution in [-0.4, -0.2) is 30.6 Å². The molecule has 1 aromatic carbocycles. The lowest BCUT2D eigenvalue weighted by atomic mass is 9.78. The summed E-state index contributed by atoms with van der Waals surface area (Å²) in [5.41, 5.74) is 0.510. The average molecular weight is 463 g/mol. The molecule has 0 saturated heterocycles. The van der Waals surface area contributed by atoms with Crippen LogP contribution in [0.15, 0.2) is 42.7 Å². The summed E-state index contributed by atoms with van der Waals surface area (Å²) in [5.74, 6) is -1.53. The topological polar surface area (TPSA) is 97.6 Å². The van der Waals surface area contributed by atoms with Crippen molar-refractivity contribution >= 4 is 28.6 Å². The van der Waals surface area contributed by atoms with Crippen LogP contribution in [0.1, 0.15) is 24.5 Å². The van der Waals surface area contributed by atoms with E-state index in [0.29, 0.717) is 29.3 Å². The summed E-state index contributed by atoms with van der Waals surface area (Å²) in [6.07, 6.45) is 1.38. The summed E-state index contributed by atoms with van der Waals surface area (Å²) in [5, 5.41) is 10.6. The van der Waals surface area contributed by atoms with E-state index in [9.17, 15) is 18.0 Å². The predicted octanol–water partition coefficient (Wildman–Crippen LogP) is 3.89. The van der Waals surface area contributed by atoms with Crippen molar-refractivity contribution < 1.29 is 18.0 Å². The van der Waals surface area contributed by atoms with Gasteiger partial charge in [0.2, 0.25) is 5.91 Å². The number of rotatable bonds is 3. The van der Waals surface area contributed by atoms with E-state index in [4.69, 9.17) is 0 Å². The van der Waals surface area contributed by atoms with Crippen molar-refractivity contribution in [3.05, 3.63) is 71.3 Å². The van der Waals surface area contributed by atoms with Gasteiger partial charge in [-0.25, -0.2) is 32.8 Å². The molecule has 0 bridgehead atoms. The fourth-order valence-electron chi connectivity index (χ4n) is 4.58. The Morgan fingerprint density at radius 3 is 2.59 bits per heavy atom. The number of anilines is 2. The first-order valence-electron chi connectivity index (χ1n) is 10.4. The number of carbonyl (C=O) groups excluding carboxylic acids is 1. The number of hydrogen-bond acceptors (Lipinski definition) is 6. The Kier molecular flexibility index (Phi) is 4.10. The van der Waals surface area contributed by atoms with Crippen molar-refractivity contribution in [2.45, 2.75) is 25.3 Å². The van der Waals surface area contributed by atoms with Crippen LogP contribution >= 0.6 is 0 Å². The lowest BCUT2D eigenvalue weighted by Crippen LogP contribution is -2.35. The second-order valence-electron chi connectivity index (χ2n) is 8.54. The number of pyridine rings is 1. The maximum atomic E-state index is 14.3. The molecular weight excluding hydrogens is 447 g/mol. The van der Waals surface area contributed by atoms with Gasteiger partial charge in [-0.2, -0.15) is 5.10 Å². The fourth-order valence-corrected chi connectivity index (χ4v) is 4.58. The van der Waals surface area contributed by atoms with Gasteiger partial charge >= 0.3 is 0 Å². The molecule has 1 amide bonds. The molecule has 0 aliphatic carbocycles. The number of carbonyl (C=O) groups is 1. The third kappa shape index (κ3) is 2.82. The van der Waals surface area contributed by atoms with Crippen molar-refractivity contribution in [3.8, 4) is 11.5 Å². The molecule has 0 spiro atoms. The molecule has 0 radical (unpaired) electrons. The summed E-state index contributed by atoms with van der Waals surface area (Å²) in [6.45, 7) is 5.45. The van der Waals surface area contributed by atoms with E-state index in [2.05, 4.69) is 37.3 Å². The highest BCUT2D eigenvalue weighted by Crippen LogP contribution is 2.48. The van der Waals surface area contributed by atoms with Crippen LogP contribution in [0.25, 0.3) is 22.6 Å². The first-order valence-corrected chi connectivity index (χ1v) is 10.4. The number of nitrogens with one attached hydrogen (secondary N) is 2. The summed E-state index contributed by atoms with van der Waals surface area (Å²) in [6, 6.07) is 4.76. The summed E-state index contributed by atoms with van der Waals surface area (Å²) in [4.78, 5) is 25.8. The normalized spacial score (nSPS) is 18.7. The highest BCUT2D eigenvalue weighted by atomic mass is 19.1. The summed E-state index contributed by atoms with van der Waals surface area (Å²) in [7, 11) is 0. The third-order valence-corrected chi connectivity index (χ3v) is 6.19. The molecule has 6 rings (SSSR count). The molecule has 0 fully saturated rings. The number of hydrogen-bond donors (Lipinski definition) is 2. The van der Waals surface area contributed by atoms with Crippen LogP contribution in [0.4, 0.5) is 24.8 Å². The maximum absolute atomic E-state index is 14.3. The standard InChI is InChI=1S/C23H16F3N7O/c1-10-7-23(2)16-18(28-10)29-20(30-19(16)31-22(23)34)17-12-6-11(24)8-27-21(12)33(32-17)9-13-14(25)4-3-5-15(13)26/h3-6,8H,1,7,9H2,2H3,(H2,28,29,30,31,34). The fraction of sp³-hybridized carbons (Fsp3) is 0.174. The Morgan fingerprint density at radius 2 is 1.85 bits per heavy atom. The quantitative estimate of drug-likeness (QED) is 0.479. The van der Waals surface area contributed by atoms with E-state index in [0.717, 1.165) is 18.3 Å². The van der Waals surface area contributed by atoms with Crippen molar-refractivity contribution in [3.63, 3.8) is 0 Å². The molecule has 1 atom stereocenters. The Hall–Kier alpha value is -4.28. The second-order valence-corrected chi connectivity index (χ2v) is 8.54. The molecular formula is C23H16F3N7O. The van der Waals surface area contributed by atoms with Gasteiger partial charge < -0.3 is 10.6 Å². The molecule has 2 aliphatic rings. The molecule has 0 saturated carbocycles. The highest BCUT2D eigenvalue weighted by Gasteiger charge is 2.49. The summed E-state index contributed by atoms with van der Waals surface area (Å²) >= 11 is 0. The minimum Gasteiger partial charge on any atom is -0.344 e. The average Bonchev–Trinajstić information content (AvgIpc) is 3.25. The van der Waals surface area contributed by atoms with E-state index in [1.165, 1.54) is 16.8 Å². The van der Waals surface area contributed by atoms with Crippen LogP contribution in [0.3, 0.4) is 0 Å². The second kappa shape index (κ2) is 6.86. The lowest BCUT2D eigenvalue weighted by molar-refractivity contribution is -0.120. The minimum atomic E-state index is -0.858. The SMILES string of the molecule is C=C1CC2(C)C(=O)Nc3nc(-c4nn(Cc5c(F)cccc5F)c5ncc(F)cc45)nc(c32)N1. The van der Waals surface area contributed by atoms with E-state index in [-0.39, 0.29) is 40.6 Å². The van der Waals surface area contributed by atoms with E-state index in [1.54, 1.807) is 6.92 Å². The number of benzene rings is 1. The minimum absolute atomic E-state index is 0.0886. The highest BCUT2D eigenvalue weighted by molar-refractivity contribution is 6.08. The Labute approximate surface area is 190 Å². The van der Waals surface area contributed by atoms with Gasteiger partial charge in [-0.1, -0.05) is 12.6 Å². The Balaban J connectivity index is 1.55. The number of aromatic nitrogens is 5. The van der Waals surface area contributed by atoms with Crippen molar-refractivity contribution in [1.29, 1.82) is 0 Å². The zero-order valence-corrected chi connectivity index (χ0v) is 17.8. The van der Waals surface area contributed by atoms with Crippen LogP contribution < -0.4 is 10.6 Å². The molecule has 4 aromatic rings. The smallest absolute Gasteiger partial charge is 0.236 e. The molecule has 11 heteroatoms. The Bertz CT molecular complexity index is 1540. The monoisotopic (exact) mass is 463 g/mol.